The lowest BCUT2D eigenvalue weighted by Gasteiger charge is -2.09. The number of hydrogen-bond acceptors (Lipinski definition) is 8. The van der Waals surface area contributed by atoms with Crippen LogP contribution < -0.4 is 5.73 Å². The minimum atomic E-state index is -0.616. The number of nitrogen functional groups attached to an aromatic ring is 1. The number of rotatable bonds is 5. The van der Waals surface area contributed by atoms with E-state index < -0.39 is 11.2 Å². The summed E-state index contributed by atoms with van der Waals surface area (Å²) in [6.45, 7) is 0. The standard InChI is InChI=1S/C13H10N4O2S3/c14-13-17-8(6-21-13)11(19-15-5-10(18)20)12-16-7-3-1-2-4-9(7)22-12/h1-6,11H,(H2,14,17)(H,18,20). The van der Waals surface area contributed by atoms with E-state index in [0.717, 1.165) is 16.4 Å². The van der Waals surface area contributed by atoms with Crippen molar-refractivity contribution in [1.29, 1.82) is 0 Å². The van der Waals surface area contributed by atoms with Crippen LogP contribution in [-0.4, -0.2) is 21.3 Å². The molecule has 0 saturated carbocycles. The van der Waals surface area contributed by atoms with Crippen molar-refractivity contribution < 1.29 is 9.63 Å². The van der Waals surface area contributed by atoms with Gasteiger partial charge in [0.05, 0.1) is 10.2 Å². The zero-order chi connectivity index (χ0) is 15.5. The SMILES string of the molecule is Nc1nc(C(ON=CC(=O)S)c2nc3ccccc3s2)cs1. The number of carbonyl (C=O) groups is 1. The summed E-state index contributed by atoms with van der Waals surface area (Å²) in [4.78, 5) is 25.0. The summed E-state index contributed by atoms with van der Waals surface area (Å²) in [5.41, 5.74) is 7.15. The maximum Gasteiger partial charge on any atom is 0.230 e. The molecule has 0 fully saturated rings. The molecule has 22 heavy (non-hydrogen) atoms. The van der Waals surface area contributed by atoms with Crippen LogP contribution in [0.5, 0.6) is 0 Å². The molecule has 1 atom stereocenters. The third kappa shape index (κ3) is 3.26. The Morgan fingerprint density at radius 3 is 2.91 bits per heavy atom. The predicted molar refractivity (Wildman–Crippen MR) is 91.6 cm³/mol. The average molecular weight is 350 g/mol. The second kappa shape index (κ2) is 6.42. The third-order valence-corrected chi connectivity index (χ3v) is 4.56. The molecule has 0 aliphatic rings. The zero-order valence-corrected chi connectivity index (χ0v) is 13.6. The maximum absolute atomic E-state index is 10.8. The van der Waals surface area contributed by atoms with E-state index in [-0.39, 0.29) is 0 Å². The molecular weight excluding hydrogens is 340 g/mol. The second-order valence-corrected chi connectivity index (χ2v) is 6.58. The van der Waals surface area contributed by atoms with Crippen molar-refractivity contribution in [3.63, 3.8) is 0 Å². The van der Waals surface area contributed by atoms with Gasteiger partial charge in [-0.3, -0.25) is 4.79 Å². The maximum atomic E-state index is 10.8. The molecule has 3 aromatic rings. The number of aromatic nitrogens is 2. The van der Waals surface area contributed by atoms with Gasteiger partial charge in [-0.1, -0.05) is 29.9 Å². The van der Waals surface area contributed by atoms with Gasteiger partial charge >= 0.3 is 0 Å². The molecule has 0 bridgehead atoms. The lowest BCUT2D eigenvalue weighted by Crippen LogP contribution is -2.04. The highest BCUT2D eigenvalue weighted by Crippen LogP contribution is 2.33. The summed E-state index contributed by atoms with van der Waals surface area (Å²) < 4.78 is 1.03. The first-order valence-corrected chi connectivity index (χ1v) is 8.26. The summed E-state index contributed by atoms with van der Waals surface area (Å²) in [5, 5.41) is 6.05. The topological polar surface area (TPSA) is 90.5 Å². The third-order valence-electron chi connectivity index (χ3n) is 2.67. The molecule has 0 amide bonds. The Hall–Kier alpha value is -1.97. The van der Waals surface area contributed by atoms with Crippen molar-refractivity contribution >= 4 is 62.0 Å². The van der Waals surface area contributed by atoms with Crippen LogP contribution in [0.1, 0.15) is 16.8 Å². The van der Waals surface area contributed by atoms with Gasteiger partial charge in [0.1, 0.15) is 16.9 Å². The van der Waals surface area contributed by atoms with Gasteiger partial charge in [0.15, 0.2) is 5.13 Å². The molecule has 112 valence electrons. The van der Waals surface area contributed by atoms with Crippen molar-refractivity contribution in [2.45, 2.75) is 6.10 Å². The number of benzene rings is 1. The highest BCUT2D eigenvalue weighted by atomic mass is 32.1. The van der Waals surface area contributed by atoms with E-state index in [2.05, 4.69) is 27.8 Å². The van der Waals surface area contributed by atoms with Crippen molar-refractivity contribution in [3.8, 4) is 0 Å². The monoisotopic (exact) mass is 350 g/mol. The van der Waals surface area contributed by atoms with E-state index in [1.165, 1.54) is 22.7 Å². The zero-order valence-electron chi connectivity index (χ0n) is 11.0. The number of carbonyl (C=O) groups excluding carboxylic acids is 1. The fourth-order valence-corrected chi connectivity index (χ4v) is 3.41. The number of nitrogens with zero attached hydrogens (tertiary/aromatic N) is 3. The van der Waals surface area contributed by atoms with Gasteiger partial charge in [-0.05, 0) is 12.1 Å². The molecule has 2 aromatic heterocycles. The van der Waals surface area contributed by atoms with Gasteiger partial charge in [-0.15, -0.1) is 22.7 Å². The lowest BCUT2D eigenvalue weighted by atomic mass is 10.3. The van der Waals surface area contributed by atoms with Crippen LogP contribution in [0.3, 0.4) is 0 Å². The second-order valence-electron chi connectivity index (χ2n) is 4.19. The Bertz CT molecular complexity index is 810. The van der Waals surface area contributed by atoms with E-state index in [4.69, 9.17) is 10.6 Å². The van der Waals surface area contributed by atoms with Gasteiger partial charge in [0.2, 0.25) is 11.2 Å². The van der Waals surface area contributed by atoms with Gasteiger partial charge in [0, 0.05) is 5.38 Å². The molecule has 1 aromatic carbocycles. The van der Waals surface area contributed by atoms with Crippen LogP contribution in [-0.2, 0) is 9.63 Å². The molecule has 0 saturated heterocycles. The van der Waals surface area contributed by atoms with E-state index in [1.54, 1.807) is 5.38 Å². The Morgan fingerprint density at radius 1 is 1.41 bits per heavy atom. The minimum Gasteiger partial charge on any atom is -0.378 e. The molecule has 6 nitrogen and oxygen atoms in total. The summed E-state index contributed by atoms with van der Waals surface area (Å²) in [6, 6.07) is 7.75. The highest BCUT2D eigenvalue weighted by molar-refractivity contribution is 7.98. The smallest absolute Gasteiger partial charge is 0.230 e. The van der Waals surface area contributed by atoms with E-state index >= 15 is 0 Å². The Morgan fingerprint density at radius 2 is 2.23 bits per heavy atom. The van der Waals surface area contributed by atoms with E-state index in [1.807, 2.05) is 24.3 Å². The minimum absolute atomic E-state index is 0.430. The van der Waals surface area contributed by atoms with Crippen molar-refractivity contribution in [2.24, 2.45) is 5.16 Å². The van der Waals surface area contributed by atoms with Gasteiger partial charge in [-0.25, -0.2) is 9.97 Å². The first kappa shape index (κ1) is 14.9. The molecule has 0 radical (unpaired) electrons. The molecule has 9 heteroatoms. The fraction of sp³-hybridized carbons (Fsp3) is 0.0769. The van der Waals surface area contributed by atoms with E-state index in [0.29, 0.717) is 15.8 Å². The number of anilines is 1. The number of fused-ring (bicyclic) bond motifs is 1. The van der Waals surface area contributed by atoms with Gasteiger partial charge < -0.3 is 10.6 Å². The Kier molecular flexibility index (Phi) is 4.36. The summed E-state index contributed by atoms with van der Waals surface area (Å²) >= 11 is 6.39. The average Bonchev–Trinajstić information content (AvgIpc) is 3.09. The van der Waals surface area contributed by atoms with Crippen LogP contribution in [0.25, 0.3) is 10.2 Å². The van der Waals surface area contributed by atoms with Crippen LogP contribution in [0.4, 0.5) is 5.13 Å². The number of nitrogens with two attached hydrogens (primary N) is 1. The van der Waals surface area contributed by atoms with Crippen LogP contribution in [0, 0.1) is 0 Å². The first-order valence-electron chi connectivity index (χ1n) is 6.12. The number of para-hydroxylation sites is 1. The largest absolute Gasteiger partial charge is 0.378 e. The number of thiazole rings is 2. The van der Waals surface area contributed by atoms with Crippen molar-refractivity contribution in [3.05, 3.63) is 40.3 Å². The molecule has 0 spiro atoms. The van der Waals surface area contributed by atoms with Gasteiger partial charge in [-0.2, -0.15) is 0 Å². The molecule has 0 aliphatic carbocycles. The molecule has 2 heterocycles. The first-order chi connectivity index (χ1) is 10.6. The molecule has 1 unspecified atom stereocenters. The summed E-state index contributed by atoms with van der Waals surface area (Å²) in [7, 11) is 0. The summed E-state index contributed by atoms with van der Waals surface area (Å²) in [6.07, 6.45) is 0.369. The lowest BCUT2D eigenvalue weighted by molar-refractivity contribution is -0.105. The molecular formula is C13H10N4O2S3. The van der Waals surface area contributed by atoms with Gasteiger partial charge in [0.25, 0.3) is 0 Å². The molecule has 2 N–H and O–H groups in total. The Balaban J connectivity index is 1.98. The van der Waals surface area contributed by atoms with Crippen molar-refractivity contribution in [2.75, 3.05) is 5.73 Å². The van der Waals surface area contributed by atoms with Crippen LogP contribution in [0.2, 0.25) is 0 Å². The van der Waals surface area contributed by atoms with E-state index in [9.17, 15) is 4.79 Å². The number of hydrogen-bond donors (Lipinski definition) is 2. The molecule has 3 rings (SSSR count). The van der Waals surface area contributed by atoms with Crippen LogP contribution >= 0.6 is 35.3 Å². The normalized spacial score (nSPS) is 12.8. The highest BCUT2D eigenvalue weighted by Gasteiger charge is 2.23. The summed E-state index contributed by atoms with van der Waals surface area (Å²) in [5.74, 6) is 0. The Labute approximate surface area is 139 Å². The van der Waals surface area contributed by atoms with Crippen molar-refractivity contribution in [1.82, 2.24) is 9.97 Å². The number of thiol groups is 1. The fourth-order valence-electron chi connectivity index (χ4n) is 1.79. The predicted octanol–water partition coefficient (Wildman–Crippen LogP) is 2.88. The quantitative estimate of drug-likeness (QED) is 0.419. The van der Waals surface area contributed by atoms with Crippen LogP contribution in [0.15, 0.2) is 34.8 Å². The molecule has 0 aliphatic heterocycles. The number of oxime groups is 1.